The number of hydrogen-bond acceptors (Lipinski definition) is 2. The van der Waals surface area contributed by atoms with E-state index in [9.17, 15) is 13.2 Å². The number of aromatic nitrogens is 1. The number of anilines is 1. The predicted molar refractivity (Wildman–Crippen MR) is 72.8 cm³/mol. The molecule has 2 nitrogen and oxygen atoms in total. The monoisotopic (exact) mass is 300 g/mol. The summed E-state index contributed by atoms with van der Waals surface area (Å²) in [7, 11) is 0. The van der Waals surface area contributed by atoms with E-state index in [0.717, 1.165) is 23.4 Å². The molecule has 1 aromatic carbocycles. The lowest BCUT2D eigenvalue weighted by molar-refractivity contribution is -0.137. The van der Waals surface area contributed by atoms with Crippen molar-refractivity contribution in [2.45, 2.75) is 19.6 Å². The second kappa shape index (κ2) is 5.71. The van der Waals surface area contributed by atoms with Crippen LogP contribution < -0.4 is 5.32 Å². The highest BCUT2D eigenvalue weighted by atomic mass is 35.5. The molecule has 0 amide bonds. The Bertz CT molecular complexity index is 594. The zero-order valence-corrected chi connectivity index (χ0v) is 11.4. The summed E-state index contributed by atoms with van der Waals surface area (Å²) in [6.45, 7) is 2.22. The molecule has 0 fully saturated rings. The summed E-state index contributed by atoms with van der Waals surface area (Å²) in [4.78, 5) is 4.12. The van der Waals surface area contributed by atoms with Gasteiger partial charge in [0.25, 0.3) is 0 Å². The summed E-state index contributed by atoms with van der Waals surface area (Å²) < 4.78 is 37.9. The summed E-state index contributed by atoms with van der Waals surface area (Å²) in [6.07, 6.45) is -2.71. The molecule has 0 aliphatic carbocycles. The maximum absolute atomic E-state index is 12.6. The first-order valence-corrected chi connectivity index (χ1v) is 6.26. The number of nitrogens with one attached hydrogen (secondary N) is 1. The number of nitrogens with zero attached hydrogens (tertiary/aromatic N) is 1. The largest absolute Gasteiger partial charge is 0.416 e. The van der Waals surface area contributed by atoms with Crippen molar-refractivity contribution in [3.63, 3.8) is 0 Å². The molecule has 106 valence electrons. The first-order chi connectivity index (χ1) is 9.36. The summed E-state index contributed by atoms with van der Waals surface area (Å²) in [5.41, 5.74) is 1.27. The van der Waals surface area contributed by atoms with Gasteiger partial charge in [-0.05, 0) is 36.8 Å². The Hall–Kier alpha value is -1.75. The first-order valence-electron chi connectivity index (χ1n) is 5.88. The molecule has 0 saturated carbocycles. The van der Waals surface area contributed by atoms with Gasteiger partial charge in [-0.2, -0.15) is 13.2 Å². The third-order valence-corrected chi connectivity index (χ3v) is 3.08. The average molecular weight is 301 g/mol. The van der Waals surface area contributed by atoms with Gasteiger partial charge >= 0.3 is 6.18 Å². The molecular weight excluding hydrogens is 289 g/mol. The quantitative estimate of drug-likeness (QED) is 0.890. The molecule has 6 heteroatoms. The van der Waals surface area contributed by atoms with Gasteiger partial charge in [-0.15, -0.1) is 0 Å². The maximum Gasteiger partial charge on any atom is 0.416 e. The summed E-state index contributed by atoms with van der Waals surface area (Å²) in [5, 5.41) is 3.14. The van der Waals surface area contributed by atoms with Crippen LogP contribution in [0.5, 0.6) is 0 Å². The Morgan fingerprint density at radius 2 is 1.95 bits per heavy atom. The highest BCUT2D eigenvalue weighted by Gasteiger charge is 2.30. The first kappa shape index (κ1) is 14.7. The normalized spacial score (nSPS) is 11.4. The van der Waals surface area contributed by atoms with Gasteiger partial charge in [0.15, 0.2) is 0 Å². The van der Waals surface area contributed by atoms with Crippen molar-refractivity contribution < 1.29 is 13.2 Å². The zero-order valence-electron chi connectivity index (χ0n) is 10.6. The number of aryl methyl sites for hydroxylation is 1. The minimum absolute atomic E-state index is 0.248. The van der Waals surface area contributed by atoms with Gasteiger partial charge in [0, 0.05) is 18.4 Å². The van der Waals surface area contributed by atoms with Crippen LogP contribution in [0.15, 0.2) is 36.5 Å². The van der Waals surface area contributed by atoms with E-state index in [1.807, 2.05) is 19.1 Å². The average Bonchev–Trinajstić information content (AvgIpc) is 2.38. The molecule has 2 aromatic rings. The van der Waals surface area contributed by atoms with E-state index < -0.39 is 11.7 Å². The van der Waals surface area contributed by atoms with Gasteiger partial charge in [-0.1, -0.05) is 17.7 Å². The Morgan fingerprint density at radius 1 is 1.20 bits per heavy atom. The van der Waals surface area contributed by atoms with Gasteiger partial charge in [0.1, 0.15) is 0 Å². The van der Waals surface area contributed by atoms with Crippen LogP contribution in [-0.4, -0.2) is 4.98 Å². The van der Waals surface area contributed by atoms with Crippen LogP contribution in [0.1, 0.15) is 16.8 Å². The molecule has 1 heterocycles. The molecule has 1 N–H and O–H groups in total. The van der Waals surface area contributed by atoms with Gasteiger partial charge in [0.05, 0.1) is 16.3 Å². The van der Waals surface area contributed by atoms with Crippen LogP contribution >= 0.6 is 11.6 Å². The third-order valence-electron chi connectivity index (χ3n) is 2.75. The standard InChI is InChI=1S/C14H12ClF3N2/c1-9-2-3-10(7-19-9)8-20-13-6-11(14(16,17)18)4-5-12(13)15/h2-7,20H,8H2,1H3. The van der Waals surface area contributed by atoms with E-state index in [1.54, 1.807) is 6.20 Å². The molecule has 1 aromatic heterocycles. The predicted octanol–water partition coefficient (Wildman–Crippen LogP) is 4.67. The van der Waals surface area contributed by atoms with E-state index in [1.165, 1.54) is 6.07 Å². The SMILES string of the molecule is Cc1ccc(CNc2cc(C(F)(F)F)ccc2Cl)cn1. The smallest absolute Gasteiger partial charge is 0.380 e. The van der Waals surface area contributed by atoms with Crippen molar-refractivity contribution >= 4 is 17.3 Å². The molecule has 0 radical (unpaired) electrons. The molecule has 0 aliphatic rings. The van der Waals surface area contributed by atoms with Crippen LogP contribution in [0.4, 0.5) is 18.9 Å². The van der Waals surface area contributed by atoms with E-state index in [2.05, 4.69) is 10.3 Å². The van der Waals surface area contributed by atoms with Crippen molar-refractivity contribution in [2.24, 2.45) is 0 Å². The number of rotatable bonds is 3. The lowest BCUT2D eigenvalue weighted by Gasteiger charge is -2.12. The Morgan fingerprint density at radius 3 is 2.55 bits per heavy atom. The van der Waals surface area contributed by atoms with E-state index >= 15 is 0 Å². The summed E-state index contributed by atoms with van der Waals surface area (Å²) >= 11 is 5.89. The Balaban J connectivity index is 2.14. The second-order valence-corrected chi connectivity index (χ2v) is 4.76. The number of pyridine rings is 1. The van der Waals surface area contributed by atoms with Crippen molar-refractivity contribution in [3.8, 4) is 0 Å². The highest BCUT2D eigenvalue weighted by Crippen LogP contribution is 2.33. The van der Waals surface area contributed by atoms with Crippen LogP contribution in [0.25, 0.3) is 0 Å². The van der Waals surface area contributed by atoms with Gasteiger partial charge in [-0.25, -0.2) is 0 Å². The Labute approximate surface area is 119 Å². The fraction of sp³-hybridized carbons (Fsp3) is 0.214. The maximum atomic E-state index is 12.6. The van der Waals surface area contributed by atoms with Gasteiger partial charge in [-0.3, -0.25) is 4.98 Å². The molecule has 2 rings (SSSR count). The van der Waals surface area contributed by atoms with E-state index in [0.29, 0.717) is 6.54 Å². The number of halogens is 4. The number of alkyl halides is 3. The van der Waals surface area contributed by atoms with Gasteiger partial charge in [0.2, 0.25) is 0 Å². The van der Waals surface area contributed by atoms with Crippen molar-refractivity contribution in [1.29, 1.82) is 0 Å². The summed E-state index contributed by atoms with van der Waals surface area (Å²) in [6, 6.07) is 6.90. The molecule has 0 aliphatic heterocycles. The van der Waals surface area contributed by atoms with E-state index in [4.69, 9.17) is 11.6 Å². The fourth-order valence-electron chi connectivity index (χ4n) is 1.64. The Kier molecular flexibility index (Phi) is 4.18. The molecule has 0 unspecified atom stereocenters. The molecule has 0 spiro atoms. The minimum Gasteiger partial charge on any atom is -0.380 e. The summed E-state index contributed by atoms with van der Waals surface area (Å²) in [5.74, 6) is 0. The van der Waals surface area contributed by atoms with Gasteiger partial charge < -0.3 is 5.32 Å². The minimum atomic E-state index is -4.38. The lowest BCUT2D eigenvalue weighted by atomic mass is 10.2. The topological polar surface area (TPSA) is 24.9 Å². The van der Waals surface area contributed by atoms with Crippen LogP contribution in [0, 0.1) is 6.92 Å². The highest BCUT2D eigenvalue weighted by molar-refractivity contribution is 6.33. The second-order valence-electron chi connectivity index (χ2n) is 4.35. The number of benzene rings is 1. The zero-order chi connectivity index (χ0) is 14.8. The van der Waals surface area contributed by atoms with E-state index in [-0.39, 0.29) is 10.7 Å². The van der Waals surface area contributed by atoms with Crippen LogP contribution in [-0.2, 0) is 12.7 Å². The fourth-order valence-corrected chi connectivity index (χ4v) is 1.82. The third kappa shape index (κ3) is 3.63. The van der Waals surface area contributed by atoms with Crippen molar-refractivity contribution in [2.75, 3.05) is 5.32 Å². The lowest BCUT2D eigenvalue weighted by Crippen LogP contribution is -2.07. The van der Waals surface area contributed by atoms with Crippen molar-refractivity contribution in [3.05, 3.63) is 58.4 Å². The molecule has 0 atom stereocenters. The number of hydrogen-bond donors (Lipinski definition) is 1. The van der Waals surface area contributed by atoms with Crippen LogP contribution in [0.3, 0.4) is 0 Å². The molecule has 20 heavy (non-hydrogen) atoms. The van der Waals surface area contributed by atoms with Crippen molar-refractivity contribution in [1.82, 2.24) is 4.98 Å². The van der Waals surface area contributed by atoms with Crippen LogP contribution in [0.2, 0.25) is 5.02 Å². The molecule has 0 bridgehead atoms. The molecular formula is C14H12ClF3N2. The molecule has 0 saturated heterocycles.